The average Bonchev–Trinajstić information content (AvgIpc) is 3.59. The molecule has 48 heavy (non-hydrogen) atoms. The molecule has 0 amide bonds. The quantitative estimate of drug-likeness (QED) is 0.162. The number of hydrogen-bond acceptors (Lipinski definition) is 7. The van der Waals surface area contributed by atoms with Crippen molar-refractivity contribution in [1.82, 2.24) is 5.48 Å². The van der Waals surface area contributed by atoms with E-state index in [-0.39, 0.29) is 71.0 Å². The molecule has 0 aromatic heterocycles. The van der Waals surface area contributed by atoms with Crippen molar-refractivity contribution in [2.24, 2.45) is 52.1 Å². The second-order valence-electron chi connectivity index (χ2n) is 16.6. The predicted octanol–water partition coefficient (Wildman–Crippen LogP) is 5.69. The first-order valence-corrected chi connectivity index (χ1v) is 18.3. The van der Waals surface area contributed by atoms with E-state index >= 15 is 0 Å². The Bertz CT molecular complexity index is 1500. The van der Waals surface area contributed by atoms with Gasteiger partial charge in [0.15, 0.2) is 5.78 Å². The molecule has 0 bridgehead atoms. The largest absolute Gasteiger partial charge is 0.481 e. The highest BCUT2D eigenvalue weighted by atomic mass is 16.6. The summed E-state index contributed by atoms with van der Waals surface area (Å²) in [7, 11) is 0. The van der Waals surface area contributed by atoms with E-state index in [1.54, 1.807) is 0 Å². The number of carboxylic acid groups (broad SMARTS) is 1. The van der Waals surface area contributed by atoms with Crippen molar-refractivity contribution >= 4 is 11.8 Å². The zero-order valence-electron chi connectivity index (χ0n) is 28.7. The van der Waals surface area contributed by atoms with Crippen LogP contribution in [0.2, 0.25) is 0 Å². The van der Waals surface area contributed by atoms with E-state index in [4.69, 9.17) is 10.6 Å². The van der Waals surface area contributed by atoms with Gasteiger partial charge in [-0.25, -0.2) is 0 Å². The van der Waals surface area contributed by atoms with Crippen LogP contribution >= 0.6 is 0 Å². The third-order valence-corrected chi connectivity index (χ3v) is 14.6. The van der Waals surface area contributed by atoms with E-state index in [9.17, 15) is 24.9 Å². The van der Waals surface area contributed by atoms with Crippen LogP contribution in [0.25, 0.3) is 11.1 Å². The summed E-state index contributed by atoms with van der Waals surface area (Å²) in [5, 5.41) is 33.0. The number of aliphatic hydroxyl groups excluding tert-OH is 2. The van der Waals surface area contributed by atoms with Gasteiger partial charge in [-0.2, -0.15) is 5.48 Å². The van der Waals surface area contributed by atoms with Crippen LogP contribution in [0.3, 0.4) is 0 Å². The van der Waals surface area contributed by atoms with Crippen LogP contribution in [0, 0.1) is 46.3 Å². The molecule has 260 valence electrons. The zero-order chi connectivity index (χ0) is 34.0. The van der Waals surface area contributed by atoms with Gasteiger partial charge in [0.05, 0.1) is 30.9 Å². The van der Waals surface area contributed by atoms with Crippen molar-refractivity contribution in [3.63, 3.8) is 0 Å². The maximum atomic E-state index is 13.7. The van der Waals surface area contributed by atoms with Gasteiger partial charge >= 0.3 is 5.97 Å². The first-order chi connectivity index (χ1) is 22.9. The molecule has 0 unspecified atom stereocenters. The second kappa shape index (κ2) is 12.6. The zero-order valence-corrected chi connectivity index (χ0v) is 28.7. The number of carbonyl (C=O) groups excluding carboxylic acids is 1. The number of fused-ring (bicyclic) bond motifs is 8. The summed E-state index contributed by atoms with van der Waals surface area (Å²) in [4.78, 5) is 30.9. The highest BCUT2D eigenvalue weighted by Crippen LogP contribution is 2.68. The lowest BCUT2D eigenvalue weighted by molar-refractivity contribution is -0.205. The number of Topliss-reactive ketones (excluding diaryl/α,β-unsaturated/α-hetero) is 1. The molecule has 7 rings (SSSR count). The van der Waals surface area contributed by atoms with Gasteiger partial charge in [-0.1, -0.05) is 69.3 Å². The maximum absolute atomic E-state index is 13.7. The van der Waals surface area contributed by atoms with Crippen LogP contribution < -0.4 is 11.2 Å². The van der Waals surface area contributed by atoms with E-state index in [0.717, 1.165) is 19.3 Å². The Morgan fingerprint density at radius 3 is 2.31 bits per heavy atom. The minimum absolute atomic E-state index is 0.0329. The molecule has 0 heterocycles. The summed E-state index contributed by atoms with van der Waals surface area (Å²) in [5.41, 5.74) is 13.4. The van der Waals surface area contributed by atoms with E-state index in [1.807, 2.05) is 0 Å². The number of hydroxylamine groups is 1. The summed E-state index contributed by atoms with van der Waals surface area (Å²) in [5.74, 6) is 0.243. The molecule has 0 spiro atoms. The molecule has 2 aromatic rings. The number of carbonyl (C=O) groups is 2. The highest BCUT2D eigenvalue weighted by molar-refractivity contribution is 5.90. The van der Waals surface area contributed by atoms with Crippen LogP contribution in [0.1, 0.15) is 95.6 Å². The molecule has 8 heteroatoms. The van der Waals surface area contributed by atoms with Gasteiger partial charge < -0.3 is 25.9 Å². The van der Waals surface area contributed by atoms with Gasteiger partial charge in [-0.05, 0) is 120 Å². The molecule has 4 saturated carbocycles. The Morgan fingerprint density at radius 1 is 0.979 bits per heavy atom. The molecule has 0 aliphatic heterocycles. The number of aliphatic carboxylic acids is 1. The smallest absolute Gasteiger partial charge is 0.303 e. The van der Waals surface area contributed by atoms with Crippen molar-refractivity contribution in [3.05, 3.63) is 59.7 Å². The lowest BCUT2D eigenvalue weighted by Crippen LogP contribution is -2.65. The summed E-state index contributed by atoms with van der Waals surface area (Å²) < 4.78 is 0. The normalized spacial score (nSPS) is 39.1. The molecule has 2 aromatic carbocycles. The van der Waals surface area contributed by atoms with Crippen LogP contribution in [-0.4, -0.2) is 58.0 Å². The molecule has 4 fully saturated rings. The van der Waals surface area contributed by atoms with Crippen LogP contribution in [0.4, 0.5) is 0 Å². The monoisotopic (exact) mass is 658 g/mol. The fraction of sp³-hybridized carbons (Fsp3) is 0.650. The van der Waals surface area contributed by atoms with Crippen molar-refractivity contribution in [3.8, 4) is 11.1 Å². The number of nitrogens with two attached hydrogens (primary N) is 1. The number of hydrogen-bond donors (Lipinski definition) is 5. The molecular weight excluding hydrogens is 604 g/mol. The van der Waals surface area contributed by atoms with Crippen molar-refractivity contribution in [2.45, 2.75) is 102 Å². The lowest BCUT2D eigenvalue weighted by atomic mass is 9.42. The Kier molecular flexibility index (Phi) is 8.89. The molecule has 6 N–H and O–H groups in total. The van der Waals surface area contributed by atoms with Gasteiger partial charge in [0.2, 0.25) is 0 Å². The summed E-state index contributed by atoms with van der Waals surface area (Å²) in [6.07, 6.45) is 4.83. The molecule has 11 atom stereocenters. The third kappa shape index (κ3) is 5.38. The Hall–Kier alpha value is -2.62. The van der Waals surface area contributed by atoms with Gasteiger partial charge in [0, 0.05) is 12.3 Å². The number of nitrogens with one attached hydrogen (secondary N) is 1. The Morgan fingerprint density at radius 2 is 1.65 bits per heavy atom. The Balaban J connectivity index is 0.989. The van der Waals surface area contributed by atoms with Crippen LogP contribution in [-0.2, 0) is 14.4 Å². The molecule has 5 aliphatic carbocycles. The fourth-order valence-corrected chi connectivity index (χ4v) is 11.9. The maximum Gasteiger partial charge on any atom is 0.303 e. The van der Waals surface area contributed by atoms with E-state index < -0.39 is 23.7 Å². The van der Waals surface area contributed by atoms with Crippen LogP contribution in [0.5, 0.6) is 0 Å². The lowest BCUT2D eigenvalue weighted by Gasteiger charge is -2.64. The standard InChI is InChI=1S/C40H54N2O6/c1-23(12-15-36(46)47)30-13-14-31-37-32(19-34(44)39(30,31)3)38(2)16-17-40(41,20-24(38)18-33(37)43)35(45)21-42-48-22-29-27-10-6-4-8-25(27)26-9-5-7-11-28(26)29/h4-11,23-24,29-34,37,42-44H,12-22,41H2,1-3H3,(H,46,47)/t23-,24-,30-,31+,32+,33-,34+,37+,38+,39-,40+/m1/s1. The second-order valence-corrected chi connectivity index (χ2v) is 16.6. The molecule has 0 radical (unpaired) electrons. The van der Waals surface area contributed by atoms with Gasteiger partial charge in [-0.3, -0.25) is 9.59 Å². The highest BCUT2D eigenvalue weighted by Gasteiger charge is 2.66. The number of aliphatic hydroxyl groups is 2. The third-order valence-electron chi connectivity index (χ3n) is 14.6. The predicted molar refractivity (Wildman–Crippen MR) is 184 cm³/mol. The molecule has 8 nitrogen and oxygen atoms in total. The number of carboxylic acids is 1. The van der Waals surface area contributed by atoms with E-state index in [1.165, 1.54) is 22.3 Å². The van der Waals surface area contributed by atoms with Crippen molar-refractivity contribution < 1.29 is 29.7 Å². The van der Waals surface area contributed by atoms with Crippen molar-refractivity contribution in [2.75, 3.05) is 13.2 Å². The number of benzene rings is 2. The van der Waals surface area contributed by atoms with Crippen LogP contribution in [0.15, 0.2) is 48.5 Å². The van der Waals surface area contributed by atoms with Gasteiger partial charge in [-0.15, -0.1) is 0 Å². The van der Waals surface area contributed by atoms with Gasteiger partial charge in [0.25, 0.3) is 0 Å². The Labute approximate surface area is 284 Å². The first-order valence-electron chi connectivity index (χ1n) is 18.3. The van der Waals surface area contributed by atoms with Gasteiger partial charge in [0.1, 0.15) is 0 Å². The number of ketones is 1. The molecule has 0 saturated heterocycles. The topological polar surface area (TPSA) is 142 Å². The summed E-state index contributed by atoms with van der Waals surface area (Å²) in [6, 6.07) is 16.8. The summed E-state index contributed by atoms with van der Waals surface area (Å²) in [6.45, 7) is 7.11. The van der Waals surface area contributed by atoms with E-state index in [2.05, 4.69) is 74.8 Å². The van der Waals surface area contributed by atoms with E-state index in [0.29, 0.717) is 38.7 Å². The summed E-state index contributed by atoms with van der Waals surface area (Å²) >= 11 is 0. The minimum Gasteiger partial charge on any atom is -0.481 e. The average molecular weight is 659 g/mol. The first kappa shape index (κ1) is 33.9. The molecular formula is C40H54N2O6. The fourth-order valence-electron chi connectivity index (χ4n) is 11.9. The number of rotatable bonds is 10. The SMILES string of the molecule is C[C@H](CCC(=O)O)[C@H]1CC[C@H]2[C@@H]3[C@H](O)C[C@@H]4C[C@](N)(C(=O)CNOCC5c6ccccc6-c6ccccc65)CC[C@]4(C)[C@H]3C[C@H](O)[C@]12C. The van der Waals surface area contributed by atoms with Crippen molar-refractivity contribution in [1.29, 1.82) is 0 Å². The minimum atomic E-state index is -0.987. The molecule has 5 aliphatic rings.